The van der Waals surface area contributed by atoms with Crippen molar-refractivity contribution in [2.75, 3.05) is 38.6 Å². The first kappa shape index (κ1) is 13.9. The van der Waals surface area contributed by atoms with E-state index in [9.17, 15) is 4.79 Å². The first-order valence-corrected chi connectivity index (χ1v) is 6.89. The van der Waals surface area contributed by atoms with Gasteiger partial charge in [-0.25, -0.2) is 4.98 Å². The summed E-state index contributed by atoms with van der Waals surface area (Å²) in [6.45, 7) is 4.08. The molecule has 2 heterocycles. The van der Waals surface area contributed by atoms with Gasteiger partial charge in [-0.2, -0.15) is 0 Å². The lowest BCUT2D eigenvalue weighted by atomic mass is 10.2. The highest BCUT2D eigenvalue weighted by atomic mass is 16.5. The van der Waals surface area contributed by atoms with E-state index in [1.54, 1.807) is 0 Å². The molecule has 0 saturated carbocycles. The van der Waals surface area contributed by atoms with Crippen molar-refractivity contribution in [1.29, 1.82) is 0 Å². The first-order chi connectivity index (χ1) is 9.31. The molecule has 0 bridgehead atoms. The van der Waals surface area contributed by atoms with Crippen molar-refractivity contribution >= 4 is 5.82 Å². The third-order valence-corrected chi connectivity index (χ3v) is 3.43. The van der Waals surface area contributed by atoms with Crippen molar-refractivity contribution in [2.24, 2.45) is 0 Å². The van der Waals surface area contributed by atoms with Crippen LogP contribution in [0, 0.1) is 0 Å². The molecular formula is C13H22N4O2. The maximum atomic E-state index is 11.5. The largest absolute Gasteiger partial charge is 0.489 e. The molecule has 19 heavy (non-hydrogen) atoms. The molecule has 1 saturated heterocycles. The number of nitrogens with one attached hydrogen (secondary N) is 2. The van der Waals surface area contributed by atoms with Gasteiger partial charge in [-0.15, -0.1) is 0 Å². The van der Waals surface area contributed by atoms with Crippen LogP contribution in [0.2, 0.25) is 0 Å². The lowest BCUT2D eigenvalue weighted by molar-refractivity contribution is 0.296. The Hall–Kier alpha value is -1.56. The van der Waals surface area contributed by atoms with Crippen LogP contribution in [0.3, 0.4) is 0 Å². The average Bonchev–Trinajstić information content (AvgIpc) is 2.68. The Labute approximate surface area is 113 Å². The van der Waals surface area contributed by atoms with Crippen molar-refractivity contribution in [3.05, 3.63) is 16.7 Å². The monoisotopic (exact) mass is 266 g/mol. The minimum atomic E-state index is -0.255. The Bertz CT molecular complexity index is 439. The molecule has 1 fully saturated rings. The van der Waals surface area contributed by atoms with Gasteiger partial charge in [0, 0.05) is 13.1 Å². The van der Waals surface area contributed by atoms with Crippen molar-refractivity contribution < 1.29 is 4.74 Å². The second-order valence-corrected chi connectivity index (χ2v) is 4.80. The summed E-state index contributed by atoms with van der Waals surface area (Å²) in [4.78, 5) is 20.6. The molecule has 0 amide bonds. The molecular weight excluding hydrogens is 244 g/mol. The van der Waals surface area contributed by atoms with Crippen LogP contribution in [0.15, 0.2) is 11.1 Å². The molecule has 1 aromatic rings. The Morgan fingerprint density at radius 3 is 2.79 bits per heavy atom. The van der Waals surface area contributed by atoms with Gasteiger partial charge in [0.2, 0.25) is 5.75 Å². The molecule has 0 spiro atoms. The number of methoxy groups -OCH3 is 1. The highest BCUT2D eigenvalue weighted by Gasteiger charge is 2.10. The number of likely N-dealkylation sites (tertiary alicyclic amines) is 1. The second-order valence-electron chi connectivity index (χ2n) is 4.80. The Morgan fingerprint density at radius 2 is 2.11 bits per heavy atom. The number of rotatable bonds is 5. The number of aromatic amines is 1. The molecule has 0 aromatic carbocycles. The van der Waals surface area contributed by atoms with Gasteiger partial charge in [-0.1, -0.05) is 12.8 Å². The highest BCUT2D eigenvalue weighted by Crippen LogP contribution is 2.14. The molecule has 0 radical (unpaired) electrons. The van der Waals surface area contributed by atoms with Gasteiger partial charge in [0.05, 0.1) is 13.4 Å². The van der Waals surface area contributed by atoms with Crippen LogP contribution < -0.4 is 15.6 Å². The molecule has 1 aliphatic heterocycles. The van der Waals surface area contributed by atoms with E-state index >= 15 is 0 Å². The molecule has 6 nitrogen and oxygen atoms in total. The van der Waals surface area contributed by atoms with Crippen LogP contribution >= 0.6 is 0 Å². The Morgan fingerprint density at radius 1 is 1.37 bits per heavy atom. The minimum absolute atomic E-state index is 0.248. The maximum Gasteiger partial charge on any atom is 0.295 e. The SMILES string of the molecule is COc1c(NCCN2CCCCCC2)nc[nH]c1=O. The van der Waals surface area contributed by atoms with Gasteiger partial charge < -0.3 is 19.9 Å². The van der Waals surface area contributed by atoms with Crippen molar-refractivity contribution in [2.45, 2.75) is 25.7 Å². The molecule has 0 aliphatic carbocycles. The van der Waals surface area contributed by atoms with E-state index in [1.165, 1.54) is 52.2 Å². The lowest BCUT2D eigenvalue weighted by Crippen LogP contribution is -2.30. The summed E-state index contributed by atoms with van der Waals surface area (Å²) in [6.07, 6.45) is 6.64. The molecule has 2 N–H and O–H groups in total. The van der Waals surface area contributed by atoms with Gasteiger partial charge in [0.25, 0.3) is 5.56 Å². The summed E-state index contributed by atoms with van der Waals surface area (Å²) < 4.78 is 5.06. The molecule has 6 heteroatoms. The summed E-state index contributed by atoms with van der Waals surface area (Å²) in [5.41, 5.74) is -0.255. The fraction of sp³-hybridized carbons (Fsp3) is 0.692. The predicted octanol–water partition coefficient (Wildman–Crippen LogP) is 1.07. The van der Waals surface area contributed by atoms with Crippen molar-refractivity contribution in [3.8, 4) is 5.75 Å². The van der Waals surface area contributed by atoms with Gasteiger partial charge in [-0.05, 0) is 25.9 Å². The molecule has 1 aromatic heterocycles. The highest BCUT2D eigenvalue weighted by molar-refractivity contribution is 5.47. The number of nitrogens with zero attached hydrogens (tertiary/aromatic N) is 2. The van der Waals surface area contributed by atoms with Gasteiger partial charge in [0.1, 0.15) is 0 Å². The van der Waals surface area contributed by atoms with Gasteiger partial charge in [-0.3, -0.25) is 4.79 Å². The molecule has 106 valence electrons. The van der Waals surface area contributed by atoms with E-state index in [0.29, 0.717) is 5.82 Å². The topological polar surface area (TPSA) is 70.2 Å². The standard InChI is InChI=1S/C13H22N4O2/c1-19-11-12(15-10-16-13(11)18)14-6-9-17-7-4-2-3-5-8-17/h10H,2-9H2,1H3,(H2,14,15,16,18). The average molecular weight is 266 g/mol. The number of ether oxygens (including phenoxy) is 1. The summed E-state index contributed by atoms with van der Waals surface area (Å²) in [7, 11) is 1.48. The quantitative estimate of drug-likeness (QED) is 0.834. The van der Waals surface area contributed by atoms with Crippen LogP contribution in [-0.2, 0) is 0 Å². The number of H-pyrrole nitrogens is 1. The zero-order valence-corrected chi connectivity index (χ0v) is 11.4. The maximum absolute atomic E-state index is 11.5. The third-order valence-electron chi connectivity index (χ3n) is 3.43. The van der Waals surface area contributed by atoms with Crippen LogP contribution in [0.5, 0.6) is 5.75 Å². The van der Waals surface area contributed by atoms with Crippen LogP contribution in [-0.4, -0.2) is 48.2 Å². The van der Waals surface area contributed by atoms with Gasteiger partial charge >= 0.3 is 0 Å². The smallest absolute Gasteiger partial charge is 0.295 e. The number of hydrogen-bond acceptors (Lipinski definition) is 5. The lowest BCUT2D eigenvalue weighted by Gasteiger charge is -2.20. The van der Waals surface area contributed by atoms with E-state index in [2.05, 4.69) is 20.2 Å². The number of aromatic nitrogens is 2. The second kappa shape index (κ2) is 7.13. The van der Waals surface area contributed by atoms with Crippen molar-refractivity contribution in [1.82, 2.24) is 14.9 Å². The molecule has 0 atom stereocenters. The zero-order chi connectivity index (χ0) is 13.5. The van der Waals surface area contributed by atoms with E-state index in [-0.39, 0.29) is 11.3 Å². The first-order valence-electron chi connectivity index (χ1n) is 6.89. The molecule has 0 unspecified atom stereocenters. The zero-order valence-electron chi connectivity index (χ0n) is 11.4. The van der Waals surface area contributed by atoms with Crippen LogP contribution in [0.4, 0.5) is 5.82 Å². The van der Waals surface area contributed by atoms with Crippen molar-refractivity contribution in [3.63, 3.8) is 0 Å². The fourth-order valence-corrected chi connectivity index (χ4v) is 2.39. The van der Waals surface area contributed by atoms with E-state index in [0.717, 1.165) is 13.1 Å². The summed E-state index contributed by atoms with van der Waals surface area (Å²) >= 11 is 0. The van der Waals surface area contributed by atoms with E-state index in [1.807, 2.05) is 0 Å². The normalized spacial score (nSPS) is 16.9. The van der Waals surface area contributed by atoms with Crippen LogP contribution in [0.25, 0.3) is 0 Å². The van der Waals surface area contributed by atoms with E-state index < -0.39 is 0 Å². The van der Waals surface area contributed by atoms with E-state index in [4.69, 9.17) is 4.74 Å². The van der Waals surface area contributed by atoms with Gasteiger partial charge in [0.15, 0.2) is 5.82 Å². The third kappa shape index (κ3) is 3.96. The minimum Gasteiger partial charge on any atom is -0.489 e. The summed E-state index contributed by atoms with van der Waals surface area (Å²) in [6, 6.07) is 0. The molecule has 1 aliphatic rings. The summed E-state index contributed by atoms with van der Waals surface area (Å²) in [5, 5.41) is 3.17. The Kier molecular flexibility index (Phi) is 5.20. The summed E-state index contributed by atoms with van der Waals surface area (Å²) in [5.74, 6) is 0.763. The van der Waals surface area contributed by atoms with Crippen LogP contribution in [0.1, 0.15) is 25.7 Å². The Balaban J connectivity index is 1.85. The number of hydrogen-bond donors (Lipinski definition) is 2. The number of anilines is 1. The fourth-order valence-electron chi connectivity index (χ4n) is 2.39. The molecule has 2 rings (SSSR count). The predicted molar refractivity (Wildman–Crippen MR) is 74.8 cm³/mol.